The summed E-state index contributed by atoms with van der Waals surface area (Å²) in [5, 5.41) is 13.6. The normalized spacial score (nSPS) is 10.8. The number of aryl methyl sites for hydroxylation is 2. The summed E-state index contributed by atoms with van der Waals surface area (Å²) in [6.07, 6.45) is 2.24. The van der Waals surface area contributed by atoms with Crippen molar-refractivity contribution in [2.75, 3.05) is 0 Å². The number of nitro groups is 1. The monoisotopic (exact) mass is 168 g/mol. The minimum atomic E-state index is -0.522. The Morgan fingerprint density at radius 1 is 1.58 bits per heavy atom. The first-order chi connectivity index (χ1) is 5.61. The Balaban J connectivity index is 2.95. The van der Waals surface area contributed by atoms with E-state index < -0.39 is 4.92 Å². The zero-order valence-corrected chi connectivity index (χ0v) is 6.77. The summed E-state index contributed by atoms with van der Waals surface area (Å²) in [6, 6.07) is 0. The second kappa shape index (κ2) is 3.17. The maximum atomic E-state index is 9.98. The average molecular weight is 168 g/mol. The van der Waals surface area contributed by atoms with Crippen molar-refractivity contribution in [2.24, 2.45) is 0 Å². The van der Waals surface area contributed by atoms with Crippen molar-refractivity contribution in [1.29, 1.82) is 0 Å². The molecule has 0 fully saturated rings. The summed E-state index contributed by atoms with van der Waals surface area (Å²) in [5.41, 5.74) is 1.33. The van der Waals surface area contributed by atoms with E-state index in [0.29, 0.717) is 17.0 Å². The number of hydrogen-bond donors (Lipinski definition) is 0. The first-order valence-corrected chi connectivity index (χ1v) is 3.36. The molecule has 5 nitrogen and oxygen atoms in total. The van der Waals surface area contributed by atoms with Gasteiger partial charge in [-0.15, -0.1) is 0 Å². The van der Waals surface area contributed by atoms with Crippen molar-refractivity contribution >= 4 is 6.08 Å². The molecule has 0 radical (unpaired) electrons. The lowest BCUT2D eigenvalue weighted by Gasteiger charge is -1.85. The molecule has 5 heteroatoms. The van der Waals surface area contributed by atoms with Crippen molar-refractivity contribution in [2.45, 2.75) is 13.8 Å². The van der Waals surface area contributed by atoms with Gasteiger partial charge in [0.2, 0.25) is 6.20 Å². The van der Waals surface area contributed by atoms with E-state index in [1.807, 2.05) is 0 Å². The van der Waals surface area contributed by atoms with E-state index in [1.165, 1.54) is 6.08 Å². The van der Waals surface area contributed by atoms with Crippen LogP contribution in [-0.4, -0.2) is 10.1 Å². The van der Waals surface area contributed by atoms with Crippen LogP contribution in [0.3, 0.4) is 0 Å². The molecule has 0 unspecified atom stereocenters. The molecule has 64 valence electrons. The Morgan fingerprint density at radius 2 is 2.25 bits per heavy atom. The van der Waals surface area contributed by atoms with Crippen molar-refractivity contribution in [3.05, 3.63) is 33.3 Å². The van der Waals surface area contributed by atoms with E-state index in [9.17, 15) is 10.1 Å². The van der Waals surface area contributed by atoms with Crippen LogP contribution in [0.25, 0.3) is 6.08 Å². The molecule has 0 aliphatic heterocycles. The average Bonchev–Trinajstić information content (AvgIpc) is 2.28. The minimum Gasteiger partial charge on any atom is -0.361 e. The molecule has 0 aromatic carbocycles. The highest BCUT2D eigenvalue weighted by Crippen LogP contribution is 2.13. The van der Waals surface area contributed by atoms with Crippen LogP contribution in [0.4, 0.5) is 0 Å². The molecule has 1 rings (SSSR count). The van der Waals surface area contributed by atoms with Crippen LogP contribution in [-0.2, 0) is 0 Å². The lowest BCUT2D eigenvalue weighted by Crippen LogP contribution is -1.83. The fourth-order valence-corrected chi connectivity index (χ4v) is 0.863. The topological polar surface area (TPSA) is 69.2 Å². The van der Waals surface area contributed by atoms with Gasteiger partial charge < -0.3 is 4.52 Å². The SMILES string of the molecule is Cc1noc(C)c1C=C[N+](=O)[O-]. The second-order valence-electron chi connectivity index (χ2n) is 2.34. The fraction of sp³-hybridized carbons (Fsp3) is 0.286. The Morgan fingerprint density at radius 3 is 2.67 bits per heavy atom. The van der Waals surface area contributed by atoms with Crippen molar-refractivity contribution in [3.8, 4) is 0 Å². The van der Waals surface area contributed by atoms with Crippen LogP contribution in [0.15, 0.2) is 10.7 Å². The van der Waals surface area contributed by atoms with Gasteiger partial charge >= 0.3 is 0 Å². The van der Waals surface area contributed by atoms with Gasteiger partial charge in [-0.3, -0.25) is 10.1 Å². The Labute approximate surface area is 68.8 Å². The van der Waals surface area contributed by atoms with E-state index in [1.54, 1.807) is 13.8 Å². The quantitative estimate of drug-likeness (QED) is 0.496. The van der Waals surface area contributed by atoms with Crippen LogP contribution in [0.5, 0.6) is 0 Å². The zero-order chi connectivity index (χ0) is 9.14. The first kappa shape index (κ1) is 8.45. The van der Waals surface area contributed by atoms with Crippen LogP contribution in [0.2, 0.25) is 0 Å². The molecule has 0 bridgehead atoms. The van der Waals surface area contributed by atoms with Gasteiger partial charge in [-0.1, -0.05) is 5.16 Å². The summed E-state index contributed by atoms with van der Waals surface area (Å²) in [4.78, 5) is 9.46. The number of aromatic nitrogens is 1. The van der Waals surface area contributed by atoms with Crippen LogP contribution >= 0.6 is 0 Å². The summed E-state index contributed by atoms with van der Waals surface area (Å²) >= 11 is 0. The summed E-state index contributed by atoms with van der Waals surface area (Å²) in [6.45, 7) is 3.44. The summed E-state index contributed by atoms with van der Waals surface area (Å²) in [5.74, 6) is 0.589. The maximum Gasteiger partial charge on any atom is 0.235 e. The molecule has 0 saturated heterocycles. The van der Waals surface area contributed by atoms with Gasteiger partial charge in [0.1, 0.15) is 5.76 Å². The van der Waals surface area contributed by atoms with Gasteiger partial charge in [-0.2, -0.15) is 0 Å². The fourth-order valence-electron chi connectivity index (χ4n) is 0.863. The standard InChI is InChI=1S/C7H8N2O3/c1-5-7(3-4-9(10)11)6(2)12-8-5/h3-4H,1-2H3. The molecule has 1 heterocycles. The van der Waals surface area contributed by atoms with Gasteiger partial charge in [-0.05, 0) is 13.8 Å². The highest BCUT2D eigenvalue weighted by Gasteiger charge is 2.05. The third kappa shape index (κ3) is 1.69. The zero-order valence-electron chi connectivity index (χ0n) is 6.77. The Bertz CT molecular complexity index is 308. The van der Waals surface area contributed by atoms with Crippen LogP contribution in [0, 0.1) is 24.0 Å². The lowest BCUT2D eigenvalue weighted by molar-refractivity contribution is -0.400. The number of hydrogen-bond acceptors (Lipinski definition) is 4. The van der Waals surface area contributed by atoms with E-state index >= 15 is 0 Å². The summed E-state index contributed by atoms with van der Waals surface area (Å²) < 4.78 is 4.80. The maximum absolute atomic E-state index is 9.98. The van der Waals surface area contributed by atoms with E-state index in [2.05, 4.69) is 5.16 Å². The second-order valence-corrected chi connectivity index (χ2v) is 2.34. The van der Waals surface area contributed by atoms with Gasteiger partial charge in [-0.25, -0.2) is 0 Å². The third-order valence-electron chi connectivity index (χ3n) is 1.45. The highest BCUT2D eigenvalue weighted by molar-refractivity contribution is 5.51. The highest BCUT2D eigenvalue weighted by atomic mass is 16.6. The largest absolute Gasteiger partial charge is 0.361 e. The molecule has 0 aliphatic carbocycles. The molecule has 0 aliphatic rings. The molecule has 1 aromatic rings. The molecule has 12 heavy (non-hydrogen) atoms. The van der Waals surface area contributed by atoms with E-state index in [0.717, 1.165) is 6.20 Å². The van der Waals surface area contributed by atoms with Crippen LogP contribution in [0.1, 0.15) is 17.0 Å². The van der Waals surface area contributed by atoms with Crippen molar-refractivity contribution < 1.29 is 9.45 Å². The number of nitrogens with zero attached hydrogens (tertiary/aromatic N) is 2. The van der Waals surface area contributed by atoms with Gasteiger partial charge in [0.25, 0.3) is 0 Å². The van der Waals surface area contributed by atoms with Crippen molar-refractivity contribution in [1.82, 2.24) is 5.16 Å². The predicted octanol–water partition coefficient (Wildman–Crippen LogP) is 1.54. The van der Waals surface area contributed by atoms with Gasteiger partial charge in [0.15, 0.2) is 0 Å². The summed E-state index contributed by atoms with van der Waals surface area (Å²) in [7, 11) is 0. The molecule has 1 aromatic heterocycles. The smallest absolute Gasteiger partial charge is 0.235 e. The molecule has 0 spiro atoms. The van der Waals surface area contributed by atoms with E-state index in [-0.39, 0.29) is 0 Å². The minimum absolute atomic E-state index is 0.522. The third-order valence-corrected chi connectivity index (χ3v) is 1.45. The van der Waals surface area contributed by atoms with Crippen molar-refractivity contribution in [3.63, 3.8) is 0 Å². The van der Waals surface area contributed by atoms with Gasteiger partial charge in [0.05, 0.1) is 10.6 Å². The Hall–Kier alpha value is -1.65. The molecule has 0 N–H and O–H groups in total. The molecule has 0 saturated carbocycles. The number of rotatable bonds is 2. The van der Waals surface area contributed by atoms with E-state index in [4.69, 9.17) is 4.52 Å². The lowest BCUT2D eigenvalue weighted by atomic mass is 10.2. The molecular weight excluding hydrogens is 160 g/mol. The Kier molecular flexibility index (Phi) is 2.23. The molecule has 0 amide bonds. The first-order valence-electron chi connectivity index (χ1n) is 3.36. The molecule has 0 atom stereocenters. The van der Waals surface area contributed by atoms with Gasteiger partial charge in [0, 0.05) is 11.6 Å². The van der Waals surface area contributed by atoms with Crippen LogP contribution < -0.4 is 0 Å². The predicted molar refractivity (Wildman–Crippen MR) is 42.0 cm³/mol. The molecular formula is C7H8N2O3.